The van der Waals surface area contributed by atoms with Crippen LogP contribution in [0.2, 0.25) is 0 Å². The molecule has 3 rings (SSSR count). The van der Waals surface area contributed by atoms with Gasteiger partial charge in [-0.15, -0.1) is 0 Å². The summed E-state index contributed by atoms with van der Waals surface area (Å²) < 4.78 is 53.4. The molecule has 0 radical (unpaired) electrons. The molecule has 1 atom stereocenters. The van der Waals surface area contributed by atoms with E-state index in [2.05, 4.69) is 27.2 Å². The summed E-state index contributed by atoms with van der Waals surface area (Å²) in [6, 6.07) is 0.836. The van der Waals surface area contributed by atoms with Crippen molar-refractivity contribution >= 4 is 17.4 Å². The lowest BCUT2D eigenvalue weighted by molar-refractivity contribution is -0.181. The number of hydrogen-bond donors (Lipinski definition) is 2. The van der Waals surface area contributed by atoms with Gasteiger partial charge in [-0.1, -0.05) is 18.2 Å². The summed E-state index contributed by atoms with van der Waals surface area (Å²) in [5.74, 6) is -0.614. The number of nitrogens with one attached hydrogen (secondary N) is 2. The minimum atomic E-state index is -4.46. The van der Waals surface area contributed by atoms with Crippen LogP contribution in [0.5, 0.6) is 0 Å². The molecule has 10 heteroatoms. The van der Waals surface area contributed by atoms with Crippen molar-refractivity contribution in [2.75, 3.05) is 19.6 Å². The topological polar surface area (TPSA) is 52.6 Å². The molecule has 0 saturated carbocycles. The van der Waals surface area contributed by atoms with Crippen molar-refractivity contribution in [1.82, 2.24) is 20.5 Å². The number of piperazine rings is 1. The van der Waals surface area contributed by atoms with Crippen LogP contribution in [0, 0.1) is 5.95 Å². The minimum Gasteiger partial charge on any atom is -0.341 e. The third-order valence-corrected chi connectivity index (χ3v) is 4.24. The highest BCUT2D eigenvalue weighted by Crippen LogP contribution is 2.33. The molecule has 2 aliphatic heterocycles. The third kappa shape index (κ3) is 3.62. The molecule has 1 unspecified atom stereocenters. The van der Waals surface area contributed by atoms with E-state index in [0.29, 0.717) is 12.1 Å². The van der Waals surface area contributed by atoms with E-state index in [9.17, 15) is 17.6 Å². The van der Waals surface area contributed by atoms with E-state index in [4.69, 9.17) is 11.6 Å². The zero-order chi connectivity index (χ0) is 18.2. The van der Waals surface area contributed by atoms with Crippen molar-refractivity contribution in [3.63, 3.8) is 0 Å². The molecule has 1 saturated heterocycles. The van der Waals surface area contributed by atoms with E-state index in [1.54, 1.807) is 0 Å². The third-order valence-electron chi connectivity index (χ3n) is 3.84. The van der Waals surface area contributed by atoms with Gasteiger partial charge in [0.15, 0.2) is 5.82 Å². The first-order chi connectivity index (χ1) is 11.8. The summed E-state index contributed by atoms with van der Waals surface area (Å²) in [5, 5.41) is 5.49. The zero-order valence-electron chi connectivity index (χ0n) is 12.9. The first-order valence-electron chi connectivity index (χ1n) is 7.38. The summed E-state index contributed by atoms with van der Waals surface area (Å²) in [6.45, 7) is 3.87. The Morgan fingerprint density at radius 3 is 2.80 bits per heavy atom. The van der Waals surface area contributed by atoms with Crippen LogP contribution in [-0.2, 0) is 0 Å². The second-order valence-electron chi connectivity index (χ2n) is 5.52. The minimum absolute atomic E-state index is 0.00516. The maximum absolute atomic E-state index is 13.4. The molecule has 1 aromatic heterocycles. The molecule has 1 fully saturated rings. The molecule has 0 amide bonds. The Hall–Kier alpha value is -2.13. The van der Waals surface area contributed by atoms with Gasteiger partial charge in [-0.25, -0.2) is 9.98 Å². The second kappa shape index (κ2) is 6.64. The van der Waals surface area contributed by atoms with Crippen LogP contribution in [0.4, 0.5) is 17.6 Å². The van der Waals surface area contributed by atoms with Gasteiger partial charge in [-0.3, -0.25) is 0 Å². The van der Waals surface area contributed by atoms with Gasteiger partial charge in [0.2, 0.25) is 5.95 Å². The largest absolute Gasteiger partial charge is 0.410 e. The molecule has 2 aliphatic rings. The number of amidine groups is 1. The molecular formula is C15H14ClF4N5. The fourth-order valence-electron chi connectivity index (χ4n) is 2.64. The standard InChI is InChI=1S/C15H14ClF4N5/c1-8-12(16)14(25-5-4-21-7-10(25)15(18,19)20)24-13(23-8)9-2-3-22-11(17)6-9/h2-3,6,10,21H,1,4-5,7H2,(H,23,24). The van der Waals surface area contributed by atoms with Gasteiger partial charge in [0.1, 0.15) is 16.9 Å². The quantitative estimate of drug-likeness (QED) is 0.615. The predicted molar refractivity (Wildman–Crippen MR) is 85.3 cm³/mol. The number of nitrogens with zero attached hydrogens (tertiary/aromatic N) is 3. The second-order valence-corrected chi connectivity index (χ2v) is 5.90. The molecular weight excluding hydrogens is 362 g/mol. The lowest BCUT2D eigenvalue weighted by Gasteiger charge is -2.40. The van der Waals surface area contributed by atoms with E-state index < -0.39 is 18.2 Å². The lowest BCUT2D eigenvalue weighted by Crippen LogP contribution is -2.57. The Bertz CT molecular complexity index is 759. The van der Waals surface area contributed by atoms with E-state index in [1.165, 1.54) is 12.3 Å². The maximum atomic E-state index is 13.4. The predicted octanol–water partition coefficient (Wildman–Crippen LogP) is 2.33. The van der Waals surface area contributed by atoms with Crippen molar-refractivity contribution in [3.8, 4) is 0 Å². The Balaban J connectivity index is 2.03. The molecule has 5 nitrogen and oxygen atoms in total. The molecule has 2 N–H and O–H groups in total. The van der Waals surface area contributed by atoms with Crippen molar-refractivity contribution < 1.29 is 17.6 Å². The number of alkyl halides is 3. The van der Waals surface area contributed by atoms with Crippen molar-refractivity contribution in [1.29, 1.82) is 0 Å². The highest BCUT2D eigenvalue weighted by molar-refractivity contribution is 6.33. The van der Waals surface area contributed by atoms with Crippen LogP contribution >= 0.6 is 11.6 Å². The fraction of sp³-hybridized carbons (Fsp3) is 0.333. The Morgan fingerprint density at radius 2 is 2.12 bits per heavy atom. The Kier molecular flexibility index (Phi) is 4.70. The van der Waals surface area contributed by atoms with Gasteiger partial charge in [0.25, 0.3) is 0 Å². The molecule has 134 valence electrons. The summed E-state index contributed by atoms with van der Waals surface area (Å²) in [7, 11) is 0. The highest BCUT2D eigenvalue weighted by Gasteiger charge is 2.46. The number of halogens is 5. The first kappa shape index (κ1) is 17.7. The SMILES string of the molecule is C=C1NC(c2ccnc(F)c2)=NC(N2CCNCC2C(F)(F)F)=C1Cl. The van der Waals surface area contributed by atoms with Gasteiger partial charge < -0.3 is 15.5 Å². The van der Waals surface area contributed by atoms with Crippen LogP contribution in [0.3, 0.4) is 0 Å². The molecule has 0 aliphatic carbocycles. The lowest BCUT2D eigenvalue weighted by atomic mass is 10.1. The zero-order valence-corrected chi connectivity index (χ0v) is 13.6. The summed E-state index contributed by atoms with van der Waals surface area (Å²) >= 11 is 6.16. The number of aromatic nitrogens is 1. The van der Waals surface area contributed by atoms with Crippen molar-refractivity contribution in [2.45, 2.75) is 12.2 Å². The monoisotopic (exact) mass is 375 g/mol. The van der Waals surface area contributed by atoms with Crippen molar-refractivity contribution in [3.05, 3.63) is 53.0 Å². The van der Waals surface area contributed by atoms with Gasteiger partial charge in [0.05, 0.1) is 5.70 Å². The van der Waals surface area contributed by atoms with Crippen LogP contribution < -0.4 is 10.6 Å². The fourth-order valence-corrected chi connectivity index (χ4v) is 2.84. The van der Waals surface area contributed by atoms with Gasteiger partial charge in [0, 0.05) is 37.5 Å². The maximum Gasteiger partial charge on any atom is 0.410 e. The van der Waals surface area contributed by atoms with E-state index in [1.807, 2.05) is 0 Å². The molecule has 0 spiro atoms. The number of allylic oxidation sites excluding steroid dienone is 1. The van der Waals surface area contributed by atoms with E-state index >= 15 is 0 Å². The molecule has 0 bridgehead atoms. The average Bonchev–Trinajstić information content (AvgIpc) is 2.56. The highest BCUT2D eigenvalue weighted by atomic mass is 35.5. The molecule has 1 aromatic rings. The summed E-state index contributed by atoms with van der Waals surface area (Å²) in [4.78, 5) is 8.75. The number of pyridine rings is 1. The molecule has 25 heavy (non-hydrogen) atoms. The van der Waals surface area contributed by atoms with Crippen LogP contribution in [-0.4, -0.2) is 47.6 Å². The molecule has 0 aromatic carbocycles. The van der Waals surface area contributed by atoms with E-state index in [-0.39, 0.29) is 35.5 Å². The number of aliphatic imine (C=N–C) groups is 1. The van der Waals surface area contributed by atoms with Crippen LogP contribution in [0.15, 0.2) is 46.5 Å². The van der Waals surface area contributed by atoms with Crippen molar-refractivity contribution in [2.24, 2.45) is 4.99 Å². The van der Waals surface area contributed by atoms with E-state index in [0.717, 1.165) is 11.0 Å². The van der Waals surface area contributed by atoms with Crippen LogP contribution in [0.25, 0.3) is 0 Å². The summed E-state index contributed by atoms with van der Waals surface area (Å²) in [6.07, 6.45) is -3.22. The summed E-state index contributed by atoms with van der Waals surface area (Å²) in [5.41, 5.74) is 0.521. The normalized spacial score (nSPS) is 22.0. The van der Waals surface area contributed by atoms with Gasteiger partial charge >= 0.3 is 6.18 Å². The smallest absolute Gasteiger partial charge is 0.341 e. The first-order valence-corrected chi connectivity index (χ1v) is 7.76. The van der Waals surface area contributed by atoms with Crippen LogP contribution in [0.1, 0.15) is 5.56 Å². The Morgan fingerprint density at radius 1 is 1.36 bits per heavy atom. The van der Waals surface area contributed by atoms with Gasteiger partial charge in [-0.05, 0) is 6.07 Å². The Labute approximate surface area is 146 Å². The number of rotatable bonds is 2. The average molecular weight is 376 g/mol. The van der Waals surface area contributed by atoms with Gasteiger partial charge in [-0.2, -0.15) is 17.6 Å². The molecule has 3 heterocycles. The number of hydrogen-bond acceptors (Lipinski definition) is 5.